The molecule has 0 aliphatic carbocycles. The molecule has 0 aliphatic rings. The van der Waals surface area contributed by atoms with Crippen molar-refractivity contribution >= 4 is 22.7 Å². The molecule has 29 heavy (non-hydrogen) atoms. The molecule has 4 rings (SSSR count). The highest BCUT2D eigenvalue weighted by Gasteiger charge is 2.20. The van der Waals surface area contributed by atoms with Gasteiger partial charge in [-0.1, -0.05) is 12.1 Å². The number of amides is 1. The lowest BCUT2D eigenvalue weighted by Gasteiger charge is -2.17. The molecule has 0 fully saturated rings. The average Bonchev–Trinajstić information content (AvgIpc) is 3.22. The summed E-state index contributed by atoms with van der Waals surface area (Å²) in [5.74, 6) is 0.458. The minimum Gasteiger partial charge on any atom is -0.495 e. The number of carbonyl (C=O) groups is 1. The zero-order chi connectivity index (χ0) is 20.5. The fourth-order valence-corrected chi connectivity index (χ4v) is 3.36. The summed E-state index contributed by atoms with van der Waals surface area (Å²) in [6, 6.07) is 12.9. The van der Waals surface area contributed by atoms with Crippen LogP contribution >= 0.6 is 0 Å². The third kappa shape index (κ3) is 3.16. The molecule has 0 aliphatic heterocycles. The Morgan fingerprint density at radius 1 is 1.14 bits per heavy atom. The number of benzene rings is 2. The van der Waals surface area contributed by atoms with Gasteiger partial charge in [0.05, 0.1) is 30.1 Å². The Kier molecular flexibility index (Phi) is 4.64. The van der Waals surface area contributed by atoms with Gasteiger partial charge in [0.25, 0.3) is 5.91 Å². The molecule has 2 N–H and O–H groups in total. The van der Waals surface area contributed by atoms with Gasteiger partial charge in [-0.15, -0.1) is 0 Å². The van der Waals surface area contributed by atoms with E-state index >= 15 is 0 Å². The minimum absolute atomic E-state index is 0.0888. The highest BCUT2D eigenvalue weighted by atomic mass is 16.5. The summed E-state index contributed by atoms with van der Waals surface area (Å²) in [7, 11) is 5.01. The van der Waals surface area contributed by atoms with Crippen molar-refractivity contribution < 1.29 is 13.9 Å². The van der Waals surface area contributed by atoms with Crippen LogP contribution in [0.3, 0.4) is 0 Å². The van der Waals surface area contributed by atoms with Crippen LogP contribution in [0.4, 0.5) is 5.69 Å². The molecule has 0 radical (unpaired) electrons. The smallest absolute Gasteiger partial charge is 0.253 e. The number of nitrogens with two attached hydrogens (primary N) is 1. The molecule has 0 spiro atoms. The normalized spacial score (nSPS) is 10.9. The largest absolute Gasteiger partial charge is 0.495 e. The van der Waals surface area contributed by atoms with Crippen LogP contribution in [-0.4, -0.2) is 42.0 Å². The van der Waals surface area contributed by atoms with E-state index in [2.05, 4.69) is 9.97 Å². The van der Waals surface area contributed by atoms with Crippen molar-refractivity contribution in [3.63, 3.8) is 0 Å². The molecule has 0 atom stereocenters. The standard InChI is InChI=1S/C22H20N4O3/c1-26(2)22(27)14-6-4-5-13(11-14)18-15(7-8-17(28-3)19(18)23)20-16-9-10-29-21(16)25-12-24-20/h4-12H,23H2,1-3H3. The fourth-order valence-electron chi connectivity index (χ4n) is 3.36. The van der Waals surface area contributed by atoms with E-state index in [1.807, 2.05) is 30.3 Å². The van der Waals surface area contributed by atoms with Crippen molar-refractivity contribution in [2.45, 2.75) is 0 Å². The number of nitrogens with zero attached hydrogens (tertiary/aromatic N) is 3. The third-order valence-corrected chi connectivity index (χ3v) is 4.75. The number of rotatable bonds is 4. The van der Waals surface area contributed by atoms with Crippen LogP contribution in [0.2, 0.25) is 0 Å². The van der Waals surface area contributed by atoms with Gasteiger partial charge in [0, 0.05) is 30.8 Å². The quantitative estimate of drug-likeness (QED) is 0.534. The molecule has 0 bridgehead atoms. The molecule has 0 saturated carbocycles. The number of methoxy groups -OCH3 is 1. The second kappa shape index (κ2) is 7.27. The summed E-state index contributed by atoms with van der Waals surface area (Å²) in [5, 5.41) is 0.777. The summed E-state index contributed by atoms with van der Waals surface area (Å²) in [6.07, 6.45) is 3.03. The lowest BCUT2D eigenvalue weighted by atomic mass is 9.93. The summed E-state index contributed by atoms with van der Waals surface area (Å²) in [5.41, 5.74) is 11.0. The van der Waals surface area contributed by atoms with Gasteiger partial charge in [-0.2, -0.15) is 0 Å². The van der Waals surface area contributed by atoms with Gasteiger partial charge in [0.15, 0.2) is 0 Å². The highest BCUT2D eigenvalue weighted by molar-refractivity contribution is 6.01. The molecule has 0 saturated heterocycles. The maximum absolute atomic E-state index is 12.5. The van der Waals surface area contributed by atoms with E-state index < -0.39 is 0 Å². The number of carbonyl (C=O) groups excluding carboxylic acids is 1. The predicted octanol–water partition coefficient (Wildman–Crippen LogP) is 3.85. The summed E-state index contributed by atoms with van der Waals surface area (Å²) in [4.78, 5) is 22.6. The number of hydrogen-bond acceptors (Lipinski definition) is 6. The maximum Gasteiger partial charge on any atom is 0.253 e. The second-order valence-corrected chi connectivity index (χ2v) is 6.75. The first-order chi connectivity index (χ1) is 14.0. The van der Waals surface area contributed by atoms with Crippen LogP contribution in [0.15, 0.2) is 59.5 Å². The van der Waals surface area contributed by atoms with Crippen molar-refractivity contribution in [1.29, 1.82) is 0 Å². The molecule has 7 nitrogen and oxygen atoms in total. The molecular weight excluding hydrogens is 368 g/mol. The summed E-state index contributed by atoms with van der Waals surface area (Å²) < 4.78 is 10.9. The molecule has 2 heterocycles. The van der Waals surface area contributed by atoms with E-state index in [1.54, 1.807) is 39.6 Å². The summed E-state index contributed by atoms with van der Waals surface area (Å²) in [6.45, 7) is 0. The van der Waals surface area contributed by atoms with Crippen LogP contribution in [-0.2, 0) is 0 Å². The predicted molar refractivity (Wildman–Crippen MR) is 112 cm³/mol. The van der Waals surface area contributed by atoms with E-state index in [4.69, 9.17) is 14.9 Å². The molecule has 2 aromatic carbocycles. The van der Waals surface area contributed by atoms with Crippen molar-refractivity contribution in [1.82, 2.24) is 14.9 Å². The van der Waals surface area contributed by atoms with E-state index in [0.29, 0.717) is 28.4 Å². The first kappa shape index (κ1) is 18.5. The van der Waals surface area contributed by atoms with Crippen LogP contribution in [0, 0.1) is 0 Å². The summed E-state index contributed by atoms with van der Waals surface area (Å²) >= 11 is 0. The SMILES string of the molecule is COc1ccc(-c2ncnc3occc23)c(-c2cccc(C(=O)N(C)C)c2)c1N. The highest BCUT2D eigenvalue weighted by Crippen LogP contribution is 2.42. The number of aromatic nitrogens is 2. The van der Waals surface area contributed by atoms with Crippen molar-refractivity contribution in [2.75, 3.05) is 26.9 Å². The van der Waals surface area contributed by atoms with E-state index in [1.165, 1.54) is 11.2 Å². The third-order valence-electron chi connectivity index (χ3n) is 4.75. The molecule has 1 amide bonds. The topological polar surface area (TPSA) is 94.5 Å². The first-order valence-electron chi connectivity index (χ1n) is 8.98. The Bertz CT molecular complexity index is 1210. The van der Waals surface area contributed by atoms with Gasteiger partial charge in [-0.25, -0.2) is 9.97 Å². The van der Waals surface area contributed by atoms with Crippen LogP contribution in [0.5, 0.6) is 5.75 Å². The number of hydrogen-bond donors (Lipinski definition) is 1. The zero-order valence-corrected chi connectivity index (χ0v) is 16.3. The molecular formula is C22H20N4O3. The molecule has 146 valence electrons. The van der Waals surface area contributed by atoms with Crippen molar-refractivity contribution in [3.8, 4) is 28.1 Å². The first-order valence-corrected chi connectivity index (χ1v) is 8.98. The van der Waals surface area contributed by atoms with Gasteiger partial charge in [-0.3, -0.25) is 4.79 Å². The fraction of sp³-hybridized carbons (Fsp3) is 0.136. The van der Waals surface area contributed by atoms with Gasteiger partial charge < -0.3 is 19.8 Å². The van der Waals surface area contributed by atoms with E-state index in [0.717, 1.165) is 22.1 Å². The molecule has 2 aromatic heterocycles. The van der Waals surface area contributed by atoms with Crippen LogP contribution < -0.4 is 10.5 Å². The zero-order valence-electron chi connectivity index (χ0n) is 16.3. The van der Waals surface area contributed by atoms with Gasteiger partial charge >= 0.3 is 0 Å². The number of anilines is 1. The Balaban J connectivity index is 1.99. The Morgan fingerprint density at radius 3 is 2.72 bits per heavy atom. The van der Waals surface area contributed by atoms with Crippen LogP contribution in [0.1, 0.15) is 10.4 Å². The van der Waals surface area contributed by atoms with E-state index in [9.17, 15) is 4.79 Å². The number of ether oxygens (including phenoxy) is 1. The minimum atomic E-state index is -0.0888. The van der Waals surface area contributed by atoms with Crippen molar-refractivity contribution in [3.05, 3.63) is 60.6 Å². The molecule has 4 aromatic rings. The second-order valence-electron chi connectivity index (χ2n) is 6.75. The van der Waals surface area contributed by atoms with Gasteiger partial charge in [0.2, 0.25) is 5.71 Å². The Morgan fingerprint density at radius 2 is 1.97 bits per heavy atom. The lowest BCUT2D eigenvalue weighted by molar-refractivity contribution is 0.0827. The Labute approximate surface area is 167 Å². The average molecular weight is 388 g/mol. The lowest BCUT2D eigenvalue weighted by Crippen LogP contribution is -2.21. The van der Waals surface area contributed by atoms with Crippen LogP contribution in [0.25, 0.3) is 33.5 Å². The maximum atomic E-state index is 12.5. The Hall–Kier alpha value is -3.87. The molecule has 0 unspecified atom stereocenters. The number of fused-ring (bicyclic) bond motifs is 1. The van der Waals surface area contributed by atoms with Gasteiger partial charge in [0.1, 0.15) is 12.1 Å². The number of furan rings is 1. The number of nitrogen functional groups attached to an aromatic ring is 1. The van der Waals surface area contributed by atoms with Crippen molar-refractivity contribution in [2.24, 2.45) is 0 Å². The van der Waals surface area contributed by atoms with E-state index in [-0.39, 0.29) is 5.91 Å². The monoisotopic (exact) mass is 388 g/mol. The van der Waals surface area contributed by atoms with Gasteiger partial charge in [-0.05, 0) is 35.9 Å². The molecule has 7 heteroatoms.